The lowest BCUT2D eigenvalue weighted by molar-refractivity contribution is 0.102. The molecule has 0 spiro atoms. The first-order chi connectivity index (χ1) is 12.7. The number of rotatable bonds is 4. The Balaban J connectivity index is 1.49. The molecule has 0 aliphatic rings. The number of hydrogen-bond acceptors (Lipinski definition) is 5. The second-order valence-electron chi connectivity index (χ2n) is 5.41. The van der Waals surface area contributed by atoms with Gasteiger partial charge in [0.25, 0.3) is 5.91 Å². The standard InChI is InChI=1S/C18H12FN5OS/c19-13-5-3-11(4-6-13)14-8-15(24-23-14)17(25)22-18-21-16(10-26-18)12-2-1-7-20-9-12/h1-10H,(H,23,24)(H,21,22,25). The van der Waals surface area contributed by atoms with Crippen LogP contribution in [0.3, 0.4) is 0 Å². The number of carbonyl (C=O) groups excluding carboxylic acids is 1. The summed E-state index contributed by atoms with van der Waals surface area (Å²) in [6.07, 6.45) is 3.40. The second-order valence-corrected chi connectivity index (χ2v) is 6.27. The van der Waals surface area contributed by atoms with Gasteiger partial charge in [-0.05, 0) is 42.5 Å². The quantitative estimate of drug-likeness (QED) is 0.573. The molecule has 0 bridgehead atoms. The van der Waals surface area contributed by atoms with Crippen LogP contribution in [0.25, 0.3) is 22.5 Å². The molecule has 0 fully saturated rings. The third-order valence-electron chi connectivity index (χ3n) is 3.64. The summed E-state index contributed by atoms with van der Waals surface area (Å²) >= 11 is 1.33. The number of hydrogen-bond donors (Lipinski definition) is 2. The first-order valence-electron chi connectivity index (χ1n) is 7.68. The van der Waals surface area contributed by atoms with Crippen LogP contribution >= 0.6 is 11.3 Å². The van der Waals surface area contributed by atoms with E-state index in [1.54, 1.807) is 30.6 Å². The van der Waals surface area contributed by atoms with Gasteiger partial charge in [-0.2, -0.15) is 5.10 Å². The lowest BCUT2D eigenvalue weighted by atomic mass is 10.1. The first kappa shape index (κ1) is 16.1. The van der Waals surface area contributed by atoms with Gasteiger partial charge in [0.15, 0.2) is 5.13 Å². The van der Waals surface area contributed by atoms with Crippen LogP contribution in [0.2, 0.25) is 0 Å². The van der Waals surface area contributed by atoms with Crippen molar-refractivity contribution in [2.24, 2.45) is 0 Å². The van der Waals surface area contributed by atoms with Gasteiger partial charge < -0.3 is 0 Å². The highest BCUT2D eigenvalue weighted by Gasteiger charge is 2.13. The molecular formula is C18H12FN5OS. The van der Waals surface area contributed by atoms with Gasteiger partial charge in [0, 0.05) is 28.9 Å². The van der Waals surface area contributed by atoms with Crippen molar-refractivity contribution in [3.8, 4) is 22.5 Å². The fraction of sp³-hybridized carbons (Fsp3) is 0. The van der Waals surface area contributed by atoms with Gasteiger partial charge in [0.05, 0.1) is 11.4 Å². The van der Waals surface area contributed by atoms with Crippen molar-refractivity contribution in [2.45, 2.75) is 0 Å². The number of nitrogens with one attached hydrogen (secondary N) is 2. The van der Waals surface area contributed by atoms with Crippen LogP contribution < -0.4 is 5.32 Å². The van der Waals surface area contributed by atoms with Crippen LogP contribution in [0.5, 0.6) is 0 Å². The third-order valence-corrected chi connectivity index (χ3v) is 4.40. The lowest BCUT2D eigenvalue weighted by Gasteiger charge is -1.98. The molecule has 0 saturated carbocycles. The highest BCUT2D eigenvalue weighted by Crippen LogP contribution is 2.25. The van der Waals surface area contributed by atoms with E-state index in [0.717, 1.165) is 16.8 Å². The van der Waals surface area contributed by atoms with Crippen LogP contribution in [0.1, 0.15) is 10.5 Å². The number of pyridine rings is 1. The highest BCUT2D eigenvalue weighted by molar-refractivity contribution is 7.14. The minimum Gasteiger partial charge on any atom is -0.296 e. The Bertz CT molecular complexity index is 1040. The molecule has 0 atom stereocenters. The molecule has 6 nitrogen and oxygen atoms in total. The zero-order chi connectivity index (χ0) is 17.9. The molecule has 1 amide bonds. The van der Waals surface area contributed by atoms with Crippen molar-refractivity contribution in [3.63, 3.8) is 0 Å². The van der Waals surface area contributed by atoms with Crippen LogP contribution in [0.4, 0.5) is 9.52 Å². The summed E-state index contributed by atoms with van der Waals surface area (Å²) in [6, 6.07) is 11.2. The lowest BCUT2D eigenvalue weighted by Crippen LogP contribution is -2.12. The number of aromatic amines is 1. The van der Waals surface area contributed by atoms with E-state index in [-0.39, 0.29) is 11.7 Å². The van der Waals surface area contributed by atoms with E-state index in [2.05, 4.69) is 25.5 Å². The van der Waals surface area contributed by atoms with Gasteiger partial charge in [0.2, 0.25) is 0 Å². The average Bonchev–Trinajstić information content (AvgIpc) is 3.33. The van der Waals surface area contributed by atoms with Crippen LogP contribution in [0.15, 0.2) is 60.2 Å². The van der Waals surface area contributed by atoms with Crippen molar-refractivity contribution >= 4 is 22.4 Å². The molecule has 3 heterocycles. The van der Waals surface area contributed by atoms with Gasteiger partial charge in [-0.25, -0.2) is 9.37 Å². The number of anilines is 1. The Morgan fingerprint density at radius 2 is 1.96 bits per heavy atom. The zero-order valence-corrected chi connectivity index (χ0v) is 14.1. The summed E-state index contributed by atoms with van der Waals surface area (Å²) in [7, 11) is 0. The van der Waals surface area contributed by atoms with E-state index < -0.39 is 0 Å². The van der Waals surface area contributed by atoms with Crippen LogP contribution in [-0.4, -0.2) is 26.1 Å². The van der Waals surface area contributed by atoms with Crippen molar-refractivity contribution in [3.05, 3.63) is 71.7 Å². The Hall–Kier alpha value is -3.39. The third kappa shape index (κ3) is 3.35. The number of halogens is 1. The van der Waals surface area contributed by atoms with Crippen molar-refractivity contribution < 1.29 is 9.18 Å². The van der Waals surface area contributed by atoms with Gasteiger partial charge >= 0.3 is 0 Å². The number of benzene rings is 1. The normalized spacial score (nSPS) is 10.7. The minimum atomic E-state index is -0.349. The van der Waals surface area contributed by atoms with Crippen molar-refractivity contribution in [1.82, 2.24) is 20.2 Å². The first-order valence-corrected chi connectivity index (χ1v) is 8.55. The predicted molar refractivity (Wildman–Crippen MR) is 97.3 cm³/mol. The molecule has 0 radical (unpaired) electrons. The van der Waals surface area contributed by atoms with E-state index in [1.165, 1.54) is 23.5 Å². The maximum absolute atomic E-state index is 13.0. The molecular weight excluding hydrogens is 353 g/mol. The minimum absolute atomic E-state index is 0.294. The molecule has 0 saturated heterocycles. The smallest absolute Gasteiger partial charge is 0.275 e. The van der Waals surface area contributed by atoms with Gasteiger partial charge in [-0.15, -0.1) is 11.3 Å². The maximum Gasteiger partial charge on any atom is 0.275 e. The van der Waals surface area contributed by atoms with Crippen LogP contribution in [-0.2, 0) is 0 Å². The fourth-order valence-corrected chi connectivity index (χ4v) is 3.06. The van der Waals surface area contributed by atoms with E-state index in [1.807, 2.05) is 17.5 Å². The van der Waals surface area contributed by atoms with Gasteiger partial charge in [0.1, 0.15) is 11.5 Å². The van der Waals surface area contributed by atoms with E-state index in [4.69, 9.17) is 0 Å². The fourth-order valence-electron chi connectivity index (χ4n) is 2.35. The Kier molecular flexibility index (Phi) is 4.24. The maximum atomic E-state index is 13.0. The SMILES string of the molecule is O=C(Nc1nc(-c2cccnc2)cs1)c1cc(-c2ccc(F)cc2)n[nH]1. The summed E-state index contributed by atoms with van der Waals surface area (Å²) in [5, 5.41) is 11.9. The number of amides is 1. The molecule has 26 heavy (non-hydrogen) atoms. The highest BCUT2D eigenvalue weighted by atomic mass is 32.1. The number of thiazole rings is 1. The summed E-state index contributed by atoms with van der Waals surface area (Å²) in [6.45, 7) is 0. The molecule has 8 heteroatoms. The van der Waals surface area contributed by atoms with Gasteiger partial charge in [-0.3, -0.25) is 20.2 Å². The van der Waals surface area contributed by atoms with Crippen LogP contribution in [0, 0.1) is 5.82 Å². The number of aromatic nitrogens is 4. The molecule has 4 rings (SSSR count). The number of carbonyl (C=O) groups is 1. The Morgan fingerprint density at radius 1 is 1.12 bits per heavy atom. The average molecular weight is 365 g/mol. The number of H-pyrrole nitrogens is 1. The van der Waals surface area contributed by atoms with Gasteiger partial charge in [-0.1, -0.05) is 0 Å². The monoisotopic (exact) mass is 365 g/mol. The zero-order valence-electron chi connectivity index (χ0n) is 13.3. The molecule has 0 aliphatic heterocycles. The summed E-state index contributed by atoms with van der Waals surface area (Å²) in [5.41, 5.74) is 3.20. The molecule has 128 valence electrons. The molecule has 3 aromatic heterocycles. The Labute approximate surface area is 151 Å². The molecule has 1 aromatic carbocycles. The van der Waals surface area contributed by atoms with Crippen molar-refractivity contribution in [1.29, 1.82) is 0 Å². The molecule has 2 N–H and O–H groups in total. The summed E-state index contributed by atoms with van der Waals surface area (Å²) in [5.74, 6) is -0.673. The molecule has 0 unspecified atom stereocenters. The van der Waals surface area contributed by atoms with E-state index in [0.29, 0.717) is 16.5 Å². The van der Waals surface area contributed by atoms with E-state index >= 15 is 0 Å². The number of nitrogens with zero attached hydrogens (tertiary/aromatic N) is 3. The summed E-state index contributed by atoms with van der Waals surface area (Å²) in [4.78, 5) is 20.8. The summed E-state index contributed by atoms with van der Waals surface area (Å²) < 4.78 is 13.0. The largest absolute Gasteiger partial charge is 0.296 e. The Morgan fingerprint density at radius 3 is 2.73 bits per heavy atom. The van der Waals surface area contributed by atoms with E-state index in [9.17, 15) is 9.18 Å². The molecule has 0 aliphatic carbocycles. The topological polar surface area (TPSA) is 83.6 Å². The predicted octanol–water partition coefficient (Wildman–Crippen LogP) is 3.99. The van der Waals surface area contributed by atoms with Crippen molar-refractivity contribution in [2.75, 3.05) is 5.32 Å². The second kappa shape index (κ2) is 6.85. The molecule has 4 aromatic rings.